The van der Waals surface area contributed by atoms with Crippen LogP contribution in [0.4, 0.5) is 0 Å². The van der Waals surface area contributed by atoms with E-state index >= 15 is 0 Å². The highest BCUT2D eigenvalue weighted by Gasteiger charge is 2.32. The van der Waals surface area contributed by atoms with E-state index in [0.29, 0.717) is 10.8 Å². The Morgan fingerprint density at radius 2 is 1.71 bits per heavy atom. The Hall–Kier alpha value is -3.53. The van der Waals surface area contributed by atoms with Crippen LogP contribution in [-0.2, 0) is 19.1 Å². The first kappa shape index (κ1) is 30.7. The summed E-state index contributed by atoms with van der Waals surface area (Å²) >= 11 is 5.98. The van der Waals surface area contributed by atoms with Crippen molar-refractivity contribution >= 4 is 29.4 Å². The SMILES string of the molecule is CCC(CC)[C@H](Oc1ccc(Cl)cc1)[C@H](C)OC(=O)[C@H](C)NC(=O)c1nccc(OC)c1OCOC(C)=O. The summed E-state index contributed by atoms with van der Waals surface area (Å²) in [7, 11) is 1.39. The molecule has 0 radical (unpaired) electrons. The molecule has 2 rings (SSSR count). The van der Waals surface area contributed by atoms with Gasteiger partial charge in [0.15, 0.2) is 17.2 Å². The van der Waals surface area contributed by atoms with Crippen LogP contribution in [0.25, 0.3) is 0 Å². The second-order valence-electron chi connectivity index (χ2n) is 8.54. The van der Waals surface area contributed by atoms with Gasteiger partial charge in [-0.15, -0.1) is 0 Å². The second-order valence-corrected chi connectivity index (χ2v) is 8.98. The average Bonchev–Trinajstić information content (AvgIpc) is 2.89. The number of pyridine rings is 1. The molecular weight excluding hydrogens is 516 g/mol. The Bertz CT molecular complexity index is 1080. The van der Waals surface area contributed by atoms with Crippen molar-refractivity contribution in [3.63, 3.8) is 0 Å². The summed E-state index contributed by atoms with van der Waals surface area (Å²) in [6.07, 6.45) is 1.96. The van der Waals surface area contributed by atoms with Crippen LogP contribution in [0.5, 0.6) is 17.2 Å². The molecule has 2 aromatic rings. The molecule has 0 aliphatic carbocycles. The minimum atomic E-state index is -1.02. The molecule has 0 aliphatic heterocycles. The topological polar surface area (TPSA) is 122 Å². The molecule has 38 heavy (non-hydrogen) atoms. The van der Waals surface area contributed by atoms with E-state index in [2.05, 4.69) is 10.3 Å². The Morgan fingerprint density at radius 3 is 2.29 bits per heavy atom. The number of amides is 1. The normalized spacial score (nSPS) is 13.2. The number of aromatic nitrogens is 1. The summed E-state index contributed by atoms with van der Waals surface area (Å²) < 4.78 is 27.3. The van der Waals surface area contributed by atoms with Gasteiger partial charge in [0, 0.05) is 24.2 Å². The monoisotopic (exact) mass is 550 g/mol. The molecule has 0 aliphatic rings. The molecular formula is C27H35ClN2O8. The smallest absolute Gasteiger partial charge is 0.328 e. The van der Waals surface area contributed by atoms with Crippen molar-refractivity contribution in [2.24, 2.45) is 5.92 Å². The standard InChI is InChI=1S/C27H35ClN2O8/c1-7-19(8-2)24(38-21-11-9-20(28)10-12-21)17(4)37-27(33)16(3)30-26(32)23-25(36-15-35-18(5)31)22(34-6)13-14-29-23/h9-14,16-17,19,24H,7-8,15H2,1-6H3,(H,30,32)/t16-,17-,24+/m0/s1. The van der Waals surface area contributed by atoms with E-state index in [1.165, 1.54) is 33.2 Å². The molecule has 208 valence electrons. The molecule has 0 saturated heterocycles. The highest BCUT2D eigenvalue weighted by atomic mass is 35.5. The van der Waals surface area contributed by atoms with Gasteiger partial charge in [0.1, 0.15) is 24.0 Å². The lowest BCUT2D eigenvalue weighted by atomic mass is 9.93. The maximum atomic E-state index is 13.0. The minimum Gasteiger partial charge on any atom is -0.493 e. The van der Waals surface area contributed by atoms with Crippen LogP contribution in [0.2, 0.25) is 5.02 Å². The van der Waals surface area contributed by atoms with E-state index < -0.39 is 42.9 Å². The van der Waals surface area contributed by atoms with Gasteiger partial charge in [-0.25, -0.2) is 9.78 Å². The molecule has 1 heterocycles. The predicted molar refractivity (Wildman–Crippen MR) is 140 cm³/mol. The van der Waals surface area contributed by atoms with E-state index in [0.717, 1.165) is 12.8 Å². The van der Waals surface area contributed by atoms with Crippen LogP contribution in [0.3, 0.4) is 0 Å². The first-order valence-electron chi connectivity index (χ1n) is 12.3. The summed E-state index contributed by atoms with van der Waals surface area (Å²) in [6, 6.07) is 7.45. The number of hydrogen-bond donors (Lipinski definition) is 1. The van der Waals surface area contributed by atoms with Crippen molar-refractivity contribution in [3.8, 4) is 17.2 Å². The lowest BCUT2D eigenvalue weighted by molar-refractivity contribution is -0.156. The molecule has 10 nitrogen and oxygen atoms in total. The largest absolute Gasteiger partial charge is 0.493 e. The Kier molecular flexibility index (Phi) is 12.1. The van der Waals surface area contributed by atoms with Crippen molar-refractivity contribution in [1.29, 1.82) is 0 Å². The quantitative estimate of drug-likeness (QED) is 0.266. The average molecular weight is 551 g/mol. The number of nitrogens with zero attached hydrogens (tertiary/aromatic N) is 1. The number of halogens is 1. The van der Waals surface area contributed by atoms with Gasteiger partial charge in [-0.05, 0) is 56.9 Å². The van der Waals surface area contributed by atoms with Gasteiger partial charge in [-0.2, -0.15) is 0 Å². The number of hydrogen-bond acceptors (Lipinski definition) is 9. The molecule has 0 fully saturated rings. The fourth-order valence-electron chi connectivity index (χ4n) is 3.74. The van der Waals surface area contributed by atoms with E-state index in [4.69, 9.17) is 35.3 Å². The molecule has 0 bridgehead atoms. The number of benzene rings is 1. The minimum absolute atomic E-state index is 0.0344. The molecule has 1 amide bonds. The van der Waals surface area contributed by atoms with Gasteiger partial charge < -0.3 is 29.0 Å². The number of ether oxygens (including phenoxy) is 5. The zero-order valence-electron chi connectivity index (χ0n) is 22.5. The lowest BCUT2D eigenvalue weighted by Gasteiger charge is -2.31. The number of carbonyl (C=O) groups excluding carboxylic acids is 3. The fraction of sp³-hybridized carbons (Fsp3) is 0.481. The molecule has 3 atom stereocenters. The molecule has 1 aromatic heterocycles. The maximum Gasteiger partial charge on any atom is 0.328 e. The number of esters is 2. The second kappa shape index (κ2) is 15.0. The van der Waals surface area contributed by atoms with Crippen LogP contribution < -0.4 is 19.5 Å². The third-order valence-corrected chi connectivity index (χ3v) is 6.09. The lowest BCUT2D eigenvalue weighted by Crippen LogP contribution is -2.45. The van der Waals surface area contributed by atoms with E-state index in [1.54, 1.807) is 31.2 Å². The Balaban J connectivity index is 2.12. The maximum absolute atomic E-state index is 13.0. The fourth-order valence-corrected chi connectivity index (χ4v) is 3.87. The van der Waals surface area contributed by atoms with Crippen molar-refractivity contribution < 1.29 is 38.1 Å². The molecule has 1 N–H and O–H groups in total. The summed E-state index contributed by atoms with van der Waals surface area (Å²) in [4.78, 5) is 41.0. The van der Waals surface area contributed by atoms with Crippen molar-refractivity contribution in [1.82, 2.24) is 10.3 Å². The van der Waals surface area contributed by atoms with Gasteiger partial charge in [-0.3, -0.25) is 9.59 Å². The summed E-state index contributed by atoms with van der Waals surface area (Å²) in [5.41, 5.74) is -0.148. The van der Waals surface area contributed by atoms with Gasteiger partial charge >= 0.3 is 11.9 Å². The van der Waals surface area contributed by atoms with E-state index in [-0.39, 0.29) is 23.1 Å². The third-order valence-electron chi connectivity index (χ3n) is 5.83. The number of nitrogens with one attached hydrogen (secondary N) is 1. The first-order chi connectivity index (χ1) is 18.1. The Morgan fingerprint density at radius 1 is 1.05 bits per heavy atom. The number of methoxy groups -OCH3 is 1. The molecule has 0 saturated carbocycles. The summed E-state index contributed by atoms with van der Waals surface area (Å²) in [5, 5.41) is 3.16. The van der Waals surface area contributed by atoms with E-state index in [9.17, 15) is 14.4 Å². The third kappa shape index (κ3) is 8.79. The van der Waals surface area contributed by atoms with E-state index in [1.807, 2.05) is 13.8 Å². The Labute approximate surface area is 227 Å². The highest BCUT2D eigenvalue weighted by molar-refractivity contribution is 6.30. The van der Waals surface area contributed by atoms with Crippen LogP contribution in [0.1, 0.15) is 57.9 Å². The summed E-state index contributed by atoms with van der Waals surface area (Å²) in [5.74, 6) is -1.01. The number of rotatable bonds is 14. The van der Waals surface area contributed by atoms with Gasteiger partial charge in [0.05, 0.1) is 7.11 Å². The molecule has 0 unspecified atom stereocenters. The zero-order valence-corrected chi connectivity index (χ0v) is 23.2. The highest BCUT2D eigenvalue weighted by Crippen LogP contribution is 2.30. The summed E-state index contributed by atoms with van der Waals surface area (Å²) in [6.45, 7) is 8.13. The molecule has 11 heteroatoms. The van der Waals surface area contributed by atoms with Crippen molar-refractivity contribution in [3.05, 3.63) is 47.2 Å². The first-order valence-corrected chi connectivity index (χ1v) is 12.7. The van der Waals surface area contributed by atoms with Crippen LogP contribution in [-0.4, -0.2) is 55.0 Å². The van der Waals surface area contributed by atoms with Gasteiger partial charge in [0.25, 0.3) is 5.91 Å². The number of carbonyl (C=O) groups is 3. The van der Waals surface area contributed by atoms with Gasteiger partial charge in [0.2, 0.25) is 6.79 Å². The zero-order chi connectivity index (χ0) is 28.2. The van der Waals surface area contributed by atoms with Crippen LogP contribution in [0.15, 0.2) is 36.5 Å². The van der Waals surface area contributed by atoms with Crippen LogP contribution in [0, 0.1) is 5.92 Å². The predicted octanol–water partition coefficient (Wildman–Crippen LogP) is 4.58. The molecule has 1 aromatic carbocycles. The van der Waals surface area contributed by atoms with Crippen molar-refractivity contribution in [2.75, 3.05) is 13.9 Å². The van der Waals surface area contributed by atoms with Crippen molar-refractivity contribution in [2.45, 2.75) is 65.7 Å². The molecule has 0 spiro atoms. The van der Waals surface area contributed by atoms with Crippen LogP contribution >= 0.6 is 11.6 Å². The van der Waals surface area contributed by atoms with Gasteiger partial charge in [-0.1, -0.05) is 25.4 Å².